The Balaban J connectivity index is 1.58. The third kappa shape index (κ3) is 3.75. The summed E-state index contributed by atoms with van der Waals surface area (Å²) in [5.74, 6) is -1.41. The van der Waals surface area contributed by atoms with Crippen molar-refractivity contribution < 1.29 is 24.1 Å². The Morgan fingerprint density at radius 3 is 2.64 bits per heavy atom. The summed E-state index contributed by atoms with van der Waals surface area (Å²) < 4.78 is 9.85. The molecule has 0 aliphatic carbocycles. The average Bonchev–Trinajstić information content (AvgIpc) is 3.10. The highest BCUT2D eigenvalue weighted by Gasteiger charge is 2.15. The van der Waals surface area contributed by atoms with Crippen molar-refractivity contribution in [1.82, 2.24) is 10.2 Å². The lowest BCUT2D eigenvalue weighted by atomic mass is 10.1. The third-order valence-electron chi connectivity index (χ3n) is 3.52. The first kappa shape index (κ1) is 16.5. The van der Waals surface area contributed by atoms with Crippen LogP contribution in [0.25, 0.3) is 10.8 Å². The predicted molar refractivity (Wildman–Crippen MR) is 87.3 cm³/mol. The molecule has 1 aromatic heterocycles. The van der Waals surface area contributed by atoms with Crippen LogP contribution in [0.4, 0.5) is 0 Å². The van der Waals surface area contributed by atoms with E-state index in [0.29, 0.717) is 10.6 Å². The Morgan fingerprint density at radius 1 is 1.16 bits per heavy atom. The van der Waals surface area contributed by atoms with Gasteiger partial charge in [-0.05, 0) is 28.1 Å². The zero-order valence-electron chi connectivity index (χ0n) is 13.1. The lowest BCUT2D eigenvalue weighted by molar-refractivity contribution is -0.0639. The standard InChI is InChI=1S/C17H15N3O5/c18-16(21)14-10-15(19-25-14)24-8-7-20(23)17(22)13-6-5-11-3-1-2-4-12(11)9-13/h1-6,9-10,23H,7-8H2,(H2,18,21). The summed E-state index contributed by atoms with van der Waals surface area (Å²) in [5, 5.41) is 15.8. The monoisotopic (exact) mass is 341 g/mol. The van der Waals surface area contributed by atoms with Crippen LogP contribution >= 0.6 is 0 Å². The van der Waals surface area contributed by atoms with Gasteiger partial charge in [-0.25, -0.2) is 5.06 Å². The predicted octanol–water partition coefficient (Wildman–Crippen LogP) is 1.84. The topological polar surface area (TPSA) is 119 Å². The molecule has 8 heteroatoms. The van der Waals surface area contributed by atoms with E-state index in [4.69, 9.17) is 10.5 Å². The Hall–Kier alpha value is -3.39. The lowest BCUT2D eigenvalue weighted by Gasteiger charge is -2.15. The van der Waals surface area contributed by atoms with E-state index >= 15 is 0 Å². The van der Waals surface area contributed by atoms with Crippen molar-refractivity contribution in [3.63, 3.8) is 0 Å². The SMILES string of the molecule is NC(=O)c1cc(OCCN(O)C(=O)c2ccc3ccccc3c2)no1. The van der Waals surface area contributed by atoms with Gasteiger partial charge in [0.05, 0.1) is 12.6 Å². The molecular weight excluding hydrogens is 326 g/mol. The van der Waals surface area contributed by atoms with Crippen LogP contribution in [0.2, 0.25) is 0 Å². The molecule has 0 aliphatic rings. The Morgan fingerprint density at radius 2 is 1.92 bits per heavy atom. The number of aromatic nitrogens is 1. The van der Waals surface area contributed by atoms with Crippen LogP contribution in [-0.2, 0) is 0 Å². The van der Waals surface area contributed by atoms with Gasteiger partial charge in [-0.15, -0.1) is 0 Å². The molecular formula is C17H15N3O5. The normalized spacial score (nSPS) is 10.6. The smallest absolute Gasteiger partial charge is 0.287 e. The van der Waals surface area contributed by atoms with Gasteiger partial charge < -0.3 is 15.0 Å². The maximum atomic E-state index is 12.2. The molecule has 0 spiro atoms. The van der Waals surface area contributed by atoms with Crippen LogP contribution in [0, 0.1) is 0 Å². The van der Waals surface area contributed by atoms with Crippen molar-refractivity contribution in [1.29, 1.82) is 0 Å². The van der Waals surface area contributed by atoms with E-state index in [-0.39, 0.29) is 24.8 Å². The van der Waals surface area contributed by atoms with Crippen molar-refractivity contribution in [2.45, 2.75) is 0 Å². The molecule has 0 fully saturated rings. The molecule has 3 aromatic rings. The Bertz CT molecular complexity index is 921. The lowest BCUT2D eigenvalue weighted by Crippen LogP contribution is -2.31. The first-order valence-corrected chi connectivity index (χ1v) is 7.43. The van der Waals surface area contributed by atoms with Crippen molar-refractivity contribution in [3.05, 3.63) is 59.9 Å². The van der Waals surface area contributed by atoms with Crippen molar-refractivity contribution in [2.75, 3.05) is 13.2 Å². The van der Waals surface area contributed by atoms with E-state index in [1.165, 1.54) is 6.07 Å². The van der Waals surface area contributed by atoms with E-state index in [0.717, 1.165) is 10.8 Å². The van der Waals surface area contributed by atoms with Crippen molar-refractivity contribution >= 4 is 22.6 Å². The van der Waals surface area contributed by atoms with Crippen LogP contribution in [0.5, 0.6) is 5.88 Å². The maximum absolute atomic E-state index is 12.2. The van der Waals surface area contributed by atoms with E-state index in [2.05, 4.69) is 9.68 Å². The number of nitrogens with two attached hydrogens (primary N) is 1. The van der Waals surface area contributed by atoms with Gasteiger partial charge in [0, 0.05) is 5.56 Å². The zero-order chi connectivity index (χ0) is 17.8. The minimum atomic E-state index is -0.766. The first-order valence-electron chi connectivity index (χ1n) is 7.43. The minimum absolute atomic E-state index is 0.0411. The summed E-state index contributed by atoms with van der Waals surface area (Å²) in [5.41, 5.74) is 5.39. The van der Waals surface area contributed by atoms with Gasteiger partial charge in [0.15, 0.2) is 0 Å². The second-order valence-corrected chi connectivity index (χ2v) is 5.23. The highest BCUT2D eigenvalue weighted by molar-refractivity contribution is 5.98. The quantitative estimate of drug-likeness (QED) is 0.521. The first-order chi connectivity index (χ1) is 12.0. The molecule has 1 heterocycles. The van der Waals surface area contributed by atoms with Gasteiger partial charge >= 0.3 is 0 Å². The molecule has 3 rings (SSSR count). The van der Waals surface area contributed by atoms with Gasteiger partial charge in [-0.3, -0.25) is 14.8 Å². The molecule has 2 aromatic carbocycles. The van der Waals surface area contributed by atoms with E-state index < -0.39 is 11.8 Å². The number of carbonyl (C=O) groups excluding carboxylic acids is 2. The molecule has 0 saturated heterocycles. The summed E-state index contributed by atoms with van der Waals surface area (Å²) in [6.45, 7) is -0.134. The fourth-order valence-corrected chi connectivity index (χ4v) is 2.25. The molecule has 0 aliphatic heterocycles. The number of ether oxygens (including phenoxy) is 1. The molecule has 2 amide bonds. The second kappa shape index (κ2) is 7.02. The molecule has 0 saturated carbocycles. The van der Waals surface area contributed by atoms with Crippen molar-refractivity contribution in [3.8, 4) is 5.88 Å². The van der Waals surface area contributed by atoms with Crippen LogP contribution in [-0.4, -0.2) is 40.4 Å². The Labute approximate surface area is 142 Å². The van der Waals surface area contributed by atoms with Gasteiger partial charge in [0.2, 0.25) is 5.76 Å². The molecule has 25 heavy (non-hydrogen) atoms. The second-order valence-electron chi connectivity index (χ2n) is 5.23. The molecule has 0 bridgehead atoms. The number of hydrogen-bond donors (Lipinski definition) is 2. The van der Waals surface area contributed by atoms with Crippen LogP contribution < -0.4 is 10.5 Å². The number of carbonyl (C=O) groups is 2. The van der Waals surface area contributed by atoms with Gasteiger partial charge in [-0.2, -0.15) is 0 Å². The fraction of sp³-hybridized carbons (Fsp3) is 0.118. The molecule has 3 N–H and O–H groups in total. The molecule has 8 nitrogen and oxygen atoms in total. The maximum Gasteiger partial charge on any atom is 0.287 e. The number of rotatable bonds is 6. The molecule has 0 atom stereocenters. The summed E-state index contributed by atoms with van der Waals surface area (Å²) in [4.78, 5) is 23.1. The number of hydrogen-bond acceptors (Lipinski definition) is 6. The number of nitrogens with zero attached hydrogens (tertiary/aromatic N) is 2. The molecule has 128 valence electrons. The zero-order valence-corrected chi connectivity index (χ0v) is 13.1. The van der Waals surface area contributed by atoms with Gasteiger partial charge in [0.25, 0.3) is 17.7 Å². The van der Waals surface area contributed by atoms with E-state index in [1.807, 2.05) is 30.3 Å². The van der Waals surface area contributed by atoms with Gasteiger partial charge in [0.1, 0.15) is 6.61 Å². The third-order valence-corrected chi connectivity index (χ3v) is 3.52. The van der Waals surface area contributed by atoms with Gasteiger partial charge in [-0.1, -0.05) is 30.3 Å². The molecule has 0 radical (unpaired) electrons. The summed E-state index contributed by atoms with van der Waals surface area (Å²) >= 11 is 0. The van der Waals surface area contributed by atoms with Crippen LogP contribution in [0.1, 0.15) is 20.9 Å². The van der Waals surface area contributed by atoms with Crippen LogP contribution in [0.3, 0.4) is 0 Å². The number of primary amides is 1. The summed E-state index contributed by atoms with van der Waals surface area (Å²) in [7, 11) is 0. The van der Waals surface area contributed by atoms with Crippen LogP contribution in [0.15, 0.2) is 53.1 Å². The highest BCUT2D eigenvalue weighted by atomic mass is 16.5. The largest absolute Gasteiger partial charge is 0.473 e. The summed E-state index contributed by atoms with van der Waals surface area (Å²) in [6, 6.07) is 14.0. The highest BCUT2D eigenvalue weighted by Crippen LogP contribution is 2.16. The molecule has 0 unspecified atom stereocenters. The van der Waals surface area contributed by atoms with Crippen molar-refractivity contribution in [2.24, 2.45) is 5.73 Å². The van der Waals surface area contributed by atoms with E-state index in [9.17, 15) is 14.8 Å². The average molecular weight is 341 g/mol. The number of hydroxylamine groups is 2. The number of benzene rings is 2. The van der Waals surface area contributed by atoms with E-state index in [1.54, 1.807) is 12.1 Å². The minimum Gasteiger partial charge on any atom is -0.473 e. The summed E-state index contributed by atoms with van der Waals surface area (Å²) in [6.07, 6.45) is 0. The Kier molecular flexibility index (Phi) is 4.62. The number of amides is 2. The fourth-order valence-electron chi connectivity index (χ4n) is 2.25. The number of fused-ring (bicyclic) bond motifs is 1.